The van der Waals surface area contributed by atoms with Crippen LogP contribution in [0.15, 0.2) is 0 Å². The topological polar surface area (TPSA) is 113 Å². The van der Waals surface area contributed by atoms with E-state index in [2.05, 4.69) is 12.2 Å². The van der Waals surface area contributed by atoms with E-state index >= 15 is 0 Å². The number of aliphatic hydroxyl groups excluding tert-OH is 1. The summed E-state index contributed by atoms with van der Waals surface area (Å²) in [5.41, 5.74) is 4.78. The first-order valence-corrected chi connectivity index (χ1v) is 10.4. The third-order valence-electron chi connectivity index (χ3n) is 4.07. The van der Waals surface area contributed by atoms with Crippen molar-refractivity contribution in [2.24, 2.45) is 5.73 Å². The fourth-order valence-electron chi connectivity index (χ4n) is 2.57. The van der Waals surface area contributed by atoms with Crippen molar-refractivity contribution in [3.05, 3.63) is 0 Å². The lowest BCUT2D eigenvalue weighted by Crippen LogP contribution is -2.28. The van der Waals surface area contributed by atoms with E-state index in [0.29, 0.717) is 13.0 Å². The molecule has 0 rings (SSSR count). The van der Waals surface area contributed by atoms with E-state index in [-0.39, 0.29) is 19.1 Å². The molecule has 0 radical (unpaired) electrons. The zero-order chi connectivity index (χ0) is 19.9. The Labute approximate surface area is 159 Å². The van der Waals surface area contributed by atoms with Crippen molar-refractivity contribution in [2.45, 2.75) is 96.8 Å². The maximum Gasteiger partial charge on any atom is 0.322 e. The van der Waals surface area contributed by atoms with Crippen LogP contribution < -0.4 is 11.1 Å². The molecule has 0 aliphatic rings. The van der Waals surface area contributed by atoms with E-state index in [0.717, 1.165) is 12.8 Å². The molecular formula is C20H42N2O4. The second-order valence-electron chi connectivity index (χ2n) is 6.68. The Hall–Kier alpha value is -1.14. The Balaban J connectivity index is 0. The molecule has 0 aromatic rings. The van der Waals surface area contributed by atoms with Crippen molar-refractivity contribution in [3.63, 3.8) is 0 Å². The number of hydrogen-bond acceptors (Lipinski definition) is 4. The van der Waals surface area contributed by atoms with Gasteiger partial charge in [0.15, 0.2) is 0 Å². The fraction of sp³-hybridized carbons (Fsp3) is 0.900. The van der Waals surface area contributed by atoms with Gasteiger partial charge in [-0.1, -0.05) is 84.0 Å². The molecule has 0 fully saturated rings. The predicted molar refractivity (Wildman–Crippen MR) is 107 cm³/mol. The zero-order valence-electron chi connectivity index (χ0n) is 16.8. The van der Waals surface area contributed by atoms with Crippen LogP contribution in [-0.4, -0.2) is 41.8 Å². The summed E-state index contributed by atoms with van der Waals surface area (Å²) < 4.78 is 0. The first-order chi connectivity index (χ1) is 12.6. The number of unbranched alkanes of at least 4 members (excludes halogenated alkanes) is 12. The summed E-state index contributed by atoms with van der Waals surface area (Å²) in [5, 5.41) is 18.6. The molecule has 0 aliphatic carbocycles. The van der Waals surface area contributed by atoms with E-state index in [1.165, 1.54) is 70.6 Å². The molecule has 26 heavy (non-hydrogen) atoms. The van der Waals surface area contributed by atoms with Crippen LogP contribution >= 0.6 is 0 Å². The van der Waals surface area contributed by atoms with Crippen molar-refractivity contribution in [3.8, 4) is 0 Å². The summed E-state index contributed by atoms with van der Waals surface area (Å²) in [7, 11) is 0. The Morgan fingerprint density at radius 1 is 0.808 bits per heavy atom. The molecule has 0 bridgehead atoms. The number of rotatable bonds is 17. The van der Waals surface area contributed by atoms with Crippen LogP contribution in [0.3, 0.4) is 0 Å². The van der Waals surface area contributed by atoms with Gasteiger partial charge in [0, 0.05) is 13.0 Å². The Morgan fingerprint density at radius 2 is 1.19 bits per heavy atom. The number of aliphatic carboxylic acids is 1. The van der Waals surface area contributed by atoms with Gasteiger partial charge >= 0.3 is 5.97 Å². The minimum absolute atomic E-state index is 0.0972. The molecule has 0 aliphatic heterocycles. The van der Waals surface area contributed by atoms with Crippen LogP contribution in [0.2, 0.25) is 0 Å². The summed E-state index contributed by atoms with van der Waals surface area (Å²) in [6.45, 7) is 2.46. The maximum absolute atomic E-state index is 11.3. The molecule has 5 N–H and O–H groups in total. The third kappa shape index (κ3) is 27.7. The number of carbonyl (C=O) groups excluding carboxylic acids is 1. The number of nitrogens with two attached hydrogens (primary N) is 1. The number of amides is 1. The summed E-state index contributed by atoms with van der Waals surface area (Å²) in [6.07, 6.45) is 17.1. The van der Waals surface area contributed by atoms with Gasteiger partial charge < -0.3 is 21.3 Å². The molecule has 156 valence electrons. The van der Waals surface area contributed by atoms with Gasteiger partial charge in [-0.2, -0.15) is 0 Å². The average molecular weight is 375 g/mol. The summed E-state index contributed by atoms with van der Waals surface area (Å²) in [5.74, 6) is -1.14. The lowest BCUT2D eigenvalue weighted by molar-refractivity contribution is -0.137. The van der Waals surface area contributed by atoms with Gasteiger partial charge in [0.2, 0.25) is 5.91 Å². The second kappa shape index (κ2) is 23.9. The summed E-state index contributed by atoms with van der Waals surface area (Å²) >= 11 is 0. The summed E-state index contributed by atoms with van der Waals surface area (Å²) in [6, 6.07) is 0. The molecule has 0 aromatic heterocycles. The Morgan fingerprint density at radius 3 is 1.54 bits per heavy atom. The fourth-order valence-corrected chi connectivity index (χ4v) is 2.57. The molecule has 0 aromatic carbocycles. The smallest absolute Gasteiger partial charge is 0.322 e. The average Bonchev–Trinajstić information content (AvgIpc) is 2.64. The van der Waals surface area contributed by atoms with Crippen LogP contribution in [-0.2, 0) is 9.59 Å². The number of hydrogen-bond donors (Lipinski definition) is 4. The van der Waals surface area contributed by atoms with E-state index in [9.17, 15) is 9.59 Å². The van der Waals surface area contributed by atoms with Crippen molar-refractivity contribution in [2.75, 3.05) is 19.7 Å². The van der Waals surface area contributed by atoms with Gasteiger partial charge in [-0.25, -0.2) is 0 Å². The van der Waals surface area contributed by atoms with E-state index < -0.39 is 5.97 Å². The van der Waals surface area contributed by atoms with E-state index in [1.54, 1.807) is 0 Å². The predicted octanol–water partition coefficient (Wildman–Crippen LogP) is 3.61. The van der Waals surface area contributed by atoms with Gasteiger partial charge in [-0.15, -0.1) is 0 Å². The van der Waals surface area contributed by atoms with Crippen molar-refractivity contribution in [1.82, 2.24) is 5.32 Å². The third-order valence-corrected chi connectivity index (χ3v) is 4.07. The van der Waals surface area contributed by atoms with Crippen LogP contribution in [0.1, 0.15) is 96.8 Å². The monoisotopic (exact) mass is 374 g/mol. The Bertz CT molecular complexity index is 310. The van der Waals surface area contributed by atoms with Crippen molar-refractivity contribution < 1.29 is 19.8 Å². The number of carboxylic acids is 1. The highest BCUT2D eigenvalue weighted by Crippen LogP contribution is 2.12. The first-order valence-electron chi connectivity index (χ1n) is 10.4. The minimum atomic E-state index is -0.987. The number of aliphatic hydroxyl groups is 1. The quantitative estimate of drug-likeness (QED) is 0.291. The van der Waals surface area contributed by atoms with Crippen LogP contribution in [0.4, 0.5) is 0 Å². The SMILES string of the molecule is CCCCCCCCCCCCCCCC(=O)NCC(=O)O.NCCO. The molecule has 0 saturated heterocycles. The lowest BCUT2D eigenvalue weighted by atomic mass is 10.0. The minimum Gasteiger partial charge on any atom is -0.480 e. The number of carbonyl (C=O) groups is 2. The van der Waals surface area contributed by atoms with E-state index in [1.807, 2.05) is 0 Å². The largest absolute Gasteiger partial charge is 0.480 e. The molecule has 0 spiro atoms. The van der Waals surface area contributed by atoms with Crippen molar-refractivity contribution in [1.29, 1.82) is 0 Å². The van der Waals surface area contributed by atoms with Gasteiger partial charge in [0.05, 0.1) is 6.61 Å². The second-order valence-corrected chi connectivity index (χ2v) is 6.68. The highest BCUT2D eigenvalue weighted by molar-refractivity contribution is 5.80. The van der Waals surface area contributed by atoms with Crippen molar-refractivity contribution >= 4 is 11.9 Å². The zero-order valence-corrected chi connectivity index (χ0v) is 16.8. The molecule has 6 heteroatoms. The number of nitrogens with one attached hydrogen (secondary N) is 1. The normalized spacial score (nSPS) is 10.1. The molecule has 6 nitrogen and oxygen atoms in total. The molecule has 0 unspecified atom stereocenters. The molecule has 0 heterocycles. The van der Waals surface area contributed by atoms with Crippen LogP contribution in [0, 0.1) is 0 Å². The lowest BCUT2D eigenvalue weighted by Gasteiger charge is -2.04. The molecule has 1 amide bonds. The molecule has 0 atom stereocenters. The van der Waals surface area contributed by atoms with Gasteiger partial charge in [-0.3, -0.25) is 9.59 Å². The van der Waals surface area contributed by atoms with Gasteiger partial charge in [-0.05, 0) is 6.42 Å². The van der Waals surface area contributed by atoms with Gasteiger partial charge in [0.25, 0.3) is 0 Å². The molecule has 0 saturated carbocycles. The maximum atomic E-state index is 11.3. The first kappa shape index (κ1) is 27.1. The Kier molecular flexibility index (Phi) is 24.9. The van der Waals surface area contributed by atoms with Crippen LogP contribution in [0.5, 0.6) is 0 Å². The van der Waals surface area contributed by atoms with E-state index in [4.69, 9.17) is 15.9 Å². The highest BCUT2D eigenvalue weighted by Gasteiger charge is 2.03. The summed E-state index contributed by atoms with van der Waals surface area (Å²) in [4.78, 5) is 21.6. The van der Waals surface area contributed by atoms with Gasteiger partial charge in [0.1, 0.15) is 6.54 Å². The number of carboxylic acid groups (broad SMARTS) is 1. The molecular weight excluding hydrogens is 332 g/mol. The van der Waals surface area contributed by atoms with Crippen LogP contribution in [0.25, 0.3) is 0 Å². The highest BCUT2D eigenvalue weighted by atomic mass is 16.4. The standard InChI is InChI=1S/C18H35NO3.C2H7NO/c1-2-3-4-5-6-7-8-9-10-11-12-13-14-15-17(20)19-16-18(21)22;3-1-2-4/h2-16H2,1H3,(H,19,20)(H,21,22);4H,1-3H2.